The lowest BCUT2D eigenvalue weighted by Gasteiger charge is -2.05. The maximum absolute atomic E-state index is 11.2. The molecule has 4 nitrogen and oxygen atoms in total. The maximum Gasteiger partial charge on any atom is 0.339 e. The number of hydrogen-bond acceptors (Lipinski definition) is 3. The highest BCUT2D eigenvalue weighted by Gasteiger charge is 2.10. The number of carboxylic acid groups (broad SMARTS) is 1. The van der Waals surface area contributed by atoms with Crippen molar-refractivity contribution in [2.45, 2.75) is 13.8 Å². The van der Waals surface area contributed by atoms with Gasteiger partial charge >= 0.3 is 5.97 Å². The molecule has 0 saturated carbocycles. The van der Waals surface area contributed by atoms with E-state index < -0.39 is 5.97 Å². The van der Waals surface area contributed by atoms with Crippen LogP contribution in [0.3, 0.4) is 0 Å². The smallest absolute Gasteiger partial charge is 0.339 e. The highest BCUT2D eigenvalue weighted by molar-refractivity contribution is 5.94. The molecule has 0 aliphatic heterocycles. The minimum absolute atomic E-state index is 0.127. The monoisotopic (exact) mass is 283 g/mol. The summed E-state index contributed by atoms with van der Waals surface area (Å²) >= 11 is 0. The van der Waals surface area contributed by atoms with E-state index in [1.807, 2.05) is 32.0 Å². The van der Waals surface area contributed by atoms with Crippen molar-refractivity contribution in [1.82, 2.24) is 0 Å². The zero-order valence-corrected chi connectivity index (χ0v) is 12.3. The van der Waals surface area contributed by atoms with Gasteiger partial charge < -0.3 is 9.84 Å². The number of carbonyl (C=O) groups is 1. The summed E-state index contributed by atoms with van der Waals surface area (Å²) in [4.78, 5) is 15.6. The van der Waals surface area contributed by atoms with E-state index in [-0.39, 0.29) is 5.56 Å². The molecule has 0 aliphatic carbocycles. The second-order valence-electron chi connectivity index (χ2n) is 4.81. The van der Waals surface area contributed by atoms with Gasteiger partial charge in [-0.15, -0.1) is 0 Å². The summed E-state index contributed by atoms with van der Waals surface area (Å²) < 4.78 is 5.03. The van der Waals surface area contributed by atoms with Crippen LogP contribution < -0.4 is 4.74 Å². The Hall–Kier alpha value is -2.62. The highest BCUT2D eigenvalue weighted by atomic mass is 16.5. The van der Waals surface area contributed by atoms with Gasteiger partial charge in [0.25, 0.3) is 0 Å². The molecular weight excluding hydrogens is 266 g/mol. The minimum atomic E-state index is -1.02. The van der Waals surface area contributed by atoms with Gasteiger partial charge in [-0.25, -0.2) is 4.79 Å². The number of aliphatic imine (C=N–C) groups is 1. The molecule has 0 spiro atoms. The second kappa shape index (κ2) is 6.22. The molecule has 0 aromatic heterocycles. The van der Waals surface area contributed by atoms with Crippen molar-refractivity contribution in [2.75, 3.05) is 7.11 Å². The van der Waals surface area contributed by atoms with Crippen molar-refractivity contribution >= 4 is 17.9 Å². The van der Waals surface area contributed by atoms with E-state index in [0.717, 1.165) is 16.8 Å². The Morgan fingerprint density at radius 1 is 1.19 bits per heavy atom. The van der Waals surface area contributed by atoms with Crippen LogP contribution in [0.1, 0.15) is 27.0 Å². The number of hydrogen-bond donors (Lipinski definition) is 1. The third kappa shape index (κ3) is 3.48. The van der Waals surface area contributed by atoms with E-state index >= 15 is 0 Å². The lowest BCUT2D eigenvalue weighted by Crippen LogP contribution is -2.01. The number of methoxy groups -OCH3 is 1. The van der Waals surface area contributed by atoms with E-state index in [0.29, 0.717) is 11.3 Å². The van der Waals surface area contributed by atoms with E-state index in [4.69, 9.17) is 9.84 Å². The zero-order valence-electron chi connectivity index (χ0n) is 12.3. The maximum atomic E-state index is 11.2. The normalized spacial score (nSPS) is 10.8. The number of aromatic carboxylic acids is 1. The van der Waals surface area contributed by atoms with E-state index in [1.165, 1.54) is 7.11 Å². The molecule has 0 atom stereocenters. The molecular formula is C17H17NO3. The Kier molecular flexibility index (Phi) is 4.38. The lowest BCUT2D eigenvalue weighted by molar-refractivity contribution is 0.0693. The SMILES string of the molecule is COc1ccc(C=Nc2cc(C)ccc2C)cc1C(=O)O. The van der Waals surface area contributed by atoms with Crippen molar-refractivity contribution < 1.29 is 14.6 Å². The zero-order chi connectivity index (χ0) is 15.4. The number of ether oxygens (including phenoxy) is 1. The van der Waals surface area contributed by atoms with Crippen molar-refractivity contribution in [3.63, 3.8) is 0 Å². The van der Waals surface area contributed by atoms with Crippen LogP contribution in [-0.4, -0.2) is 24.4 Å². The molecule has 2 rings (SSSR count). The summed E-state index contributed by atoms with van der Waals surface area (Å²) in [5.74, 6) is -0.680. The third-order valence-electron chi connectivity index (χ3n) is 3.17. The van der Waals surface area contributed by atoms with Gasteiger partial charge in [0.1, 0.15) is 11.3 Å². The number of rotatable bonds is 4. The molecule has 0 aliphatic rings. The highest BCUT2D eigenvalue weighted by Crippen LogP contribution is 2.22. The summed E-state index contributed by atoms with van der Waals surface area (Å²) in [6, 6.07) is 11.0. The quantitative estimate of drug-likeness (QED) is 0.869. The van der Waals surface area contributed by atoms with Gasteiger partial charge in [-0.1, -0.05) is 12.1 Å². The van der Waals surface area contributed by atoms with E-state index in [2.05, 4.69) is 4.99 Å². The first-order chi connectivity index (χ1) is 10.0. The topological polar surface area (TPSA) is 58.9 Å². The van der Waals surface area contributed by atoms with Crippen LogP contribution in [0.15, 0.2) is 41.4 Å². The molecule has 0 fully saturated rings. The van der Waals surface area contributed by atoms with Gasteiger partial charge in [0, 0.05) is 6.21 Å². The summed E-state index contributed by atoms with van der Waals surface area (Å²) in [6.07, 6.45) is 1.66. The predicted molar refractivity (Wildman–Crippen MR) is 83.1 cm³/mol. The van der Waals surface area contributed by atoms with Gasteiger partial charge in [-0.05, 0) is 54.8 Å². The van der Waals surface area contributed by atoms with Crippen molar-refractivity contribution in [3.8, 4) is 5.75 Å². The van der Waals surface area contributed by atoms with Crippen molar-refractivity contribution in [1.29, 1.82) is 0 Å². The summed E-state index contributed by atoms with van der Waals surface area (Å²) in [6.45, 7) is 4.00. The van der Waals surface area contributed by atoms with Crippen LogP contribution in [0.2, 0.25) is 0 Å². The lowest BCUT2D eigenvalue weighted by atomic mass is 10.1. The van der Waals surface area contributed by atoms with Crippen LogP contribution in [0.25, 0.3) is 0 Å². The third-order valence-corrected chi connectivity index (χ3v) is 3.17. The molecule has 108 valence electrons. The van der Waals surface area contributed by atoms with Crippen LogP contribution in [-0.2, 0) is 0 Å². The fourth-order valence-electron chi connectivity index (χ4n) is 1.98. The predicted octanol–water partition coefficient (Wildman–Crippen LogP) is 3.76. The Bertz CT molecular complexity index is 705. The van der Waals surface area contributed by atoms with Crippen LogP contribution in [0.5, 0.6) is 5.75 Å². The first-order valence-corrected chi connectivity index (χ1v) is 6.54. The molecule has 0 saturated heterocycles. The van der Waals surface area contributed by atoms with Crippen LogP contribution in [0, 0.1) is 13.8 Å². The van der Waals surface area contributed by atoms with Crippen molar-refractivity contribution in [3.05, 3.63) is 58.7 Å². The Morgan fingerprint density at radius 2 is 1.95 bits per heavy atom. The molecule has 0 amide bonds. The van der Waals surface area contributed by atoms with Crippen molar-refractivity contribution in [2.24, 2.45) is 4.99 Å². The Labute approximate surface area is 123 Å². The van der Waals surface area contributed by atoms with Crippen LogP contribution in [0.4, 0.5) is 5.69 Å². The molecule has 4 heteroatoms. The first-order valence-electron chi connectivity index (χ1n) is 6.54. The van der Waals surface area contributed by atoms with Crippen LogP contribution >= 0.6 is 0 Å². The summed E-state index contributed by atoms with van der Waals surface area (Å²) in [5.41, 5.74) is 3.93. The van der Waals surface area contributed by atoms with Gasteiger partial charge in [-0.3, -0.25) is 4.99 Å². The molecule has 0 unspecified atom stereocenters. The Balaban J connectivity index is 2.35. The molecule has 0 heterocycles. The van der Waals surface area contributed by atoms with Gasteiger partial charge in [0.15, 0.2) is 0 Å². The van der Waals surface area contributed by atoms with E-state index in [1.54, 1.807) is 24.4 Å². The molecule has 0 bridgehead atoms. The second-order valence-corrected chi connectivity index (χ2v) is 4.81. The molecule has 2 aromatic rings. The summed E-state index contributed by atoms with van der Waals surface area (Å²) in [7, 11) is 1.45. The number of carboxylic acids is 1. The average molecular weight is 283 g/mol. The fourth-order valence-corrected chi connectivity index (χ4v) is 1.98. The van der Waals surface area contributed by atoms with Gasteiger partial charge in [0.05, 0.1) is 12.8 Å². The number of benzene rings is 2. The first kappa shape index (κ1) is 14.8. The largest absolute Gasteiger partial charge is 0.496 e. The minimum Gasteiger partial charge on any atom is -0.496 e. The standard InChI is InChI=1S/C17H17NO3/c1-11-4-5-12(2)15(8-11)18-10-13-6-7-16(21-3)14(9-13)17(19)20/h4-10H,1-3H3,(H,19,20). The fraction of sp³-hybridized carbons (Fsp3) is 0.176. The average Bonchev–Trinajstić information content (AvgIpc) is 2.47. The molecule has 0 radical (unpaired) electrons. The number of nitrogens with zero attached hydrogens (tertiary/aromatic N) is 1. The van der Waals surface area contributed by atoms with Gasteiger partial charge in [-0.2, -0.15) is 0 Å². The van der Waals surface area contributed by atoms with E-state index in [9.17, 15) is 4.79 Å². The number of aryl methyl sites for hydroxylation is 2. The molecule has 1 N–H and O–H groups in total. The Morgan fingerprint density at radius 3 is 2.62 bits per heavy atom. The molecule has 21 heavy (non-hydrogen) atoms. The molecule has 2 aromatic carbocycles. The summed E-state index contributed by atoms with van der Waals surface area (Å²) in [5, 5.41) is 9.16. The van der Waals surface area contributed by atoms with Gasteiger partial charge in [0.2, 0.25) is 0 Å².